The van der Waals surface area contributed by atoms with Crippen molar-refractivity contribution in [3.05, 3.63) is 54.5 Å². The highest BCUT2D eigenvalue weighted by molar-refractivity contribution is 5.73. The number of imidazole rings is 1. The van der Waals surface area contributed by atoms with Gasteiger partial charge < -0.3 is 4.40 Å². The molecule has 1 aliphatic carbocycles. The molecule has 3 rings (SSSR count). The molecule has 1 aliphatic rings. The van der Waals surface area contributed by atoms with Gasteiger partial charge in [-0.25, -0.2) is 4.98 Å². The zero-order valence-corrected chi connectivity index (χ0v) is 8.43. The van der Waals surface area contributed by atoms with Gasteiger partial charge in [0.15, 0.2) is 0 Å². The van der Waals surface area contributed by atoms with Crippen LogP contribution in [-0.2, 0) is 0 Å². The molecule has 0 aliphatic heterocycles. The summed E-state index contributed by atoms with van der Waals surface area (Å²) in [5.41, 5.74) is 3.31. The highest BCUT2D eigenvalue weighted by Gasteiger charge is 2.05. The molecule has 15 heavy (non-hydrogen) atoms. The summed E-state index contributed by atoms with van der Waals surface area (Å²) < 4.78 is 2.05. The first-order valence-electron chi connectivity index (χ1n) is 5.24. The Kier molecular flexibility index (Phi) is 1.91. The molecule has 2 aromatic rings. The molecule has 2 heteroatoms. The normalized spacial score (nSPS) is 15.6. The summed E-state index contributed by atoms with van der Waals surface area (Å²) in [5.74, 6) is 0. The standard InChI is InChI=1S/C13H12N2/c1-2-6-11(7-3-1)12-10-15-9-5-4-8-13(15)14-12/h2,4-10H,1,3H2. The monoisotopic (exact) mass is 196 g/mol. The van der Waals surface area contributed by atoms with Gasteiger partial charge in [0.05, 0.1) is 5.69 Å². The third kappa shape index (κ3) is 1.48. The zero-order chi connectivity index (χ0) is 10.1. The number of nitrogens with zero attached hydrogens (tertiary/aromatic N) is 2. The lowest BCUT2D eigenvalue weighted by atomic mass is 10.1. The third-order valence-electron chi connectivity index (χ3n) is 2.65. The van der Waals surface area contributed by atoms with E-state index in [-0.39, 0.29) is 0 Å². The Morgan fingerprint density at radius 1 is 1.20 bits per heavy atom. The van der Waals surface area contributed by atoms with E-state index in [1.54, 1.807) is 0 Å². The fraction of sp³-hybridized carbons (Fsp3) is 0.154. The summed E-state index contributed by atoms with van der Waals surface area (Å²) in [5, 5.41) is 0. The van der Waals surface area contributed by atoms with Crippen LogP contribution in [0.15, 0.2) is 48.8 Å². The van der Waals surface area contributed by atoms with Gasteiger partial charge in [0, 0.05) is 12.4 Å². The maximum Gasteiger partial charge on any atom is 0.137 e. The van der Waals surface area contributed by atoms with E-state index >= 15 is 0 Å². The van der Waals surface area contributed by atoms with Gasteiger partial charge >= 0.3 is 0 Å². The fourth-order valence-corrected chi connectivity index (χ4v) is 1.88. The molecule has 74 valence electrons. The lowest BCUT2D eigenvalue weighted by Crippen LogP contribution is -1.85. The SMILES string of the molecule is C1=CC(c2cn3ccccc3n2)=CCC1. The van der Waals surface area contributed by atoms with Gasteiger partial charge in [-0.2, -0.15) is 0 Å². The predicted molar refractivity (Wildman–Crippen MR) is 61.5 cm³/mol. The largest absolute Gasteiger partial charge is 0.306 e. The molecule has 2 aromatic heterocycles. The number of allylic oxidation sites excluding steroid dienone is 4. The van der Waals surface area contributed by atoms with Crippen molar-refractivity contribution in [2.75, 3.05) is 0 Å². The van der Waals surface area contributed by atoms with Crippen molar-refractivity contribution in [1.82, 2.24) is 9.38 Å². The van der Waals surface area contributed by atoms with Crippen molar-refractivity contribution >= 4 is 11.2 Å². The molecular formula is C13H12N2. The van der Waals surface area contributed by atoms with Crippen molar-refractivity contribution in [1.29, 1.82) is 0 Å². The van der Waals surface area contributed by atoms with E-state index in [1.807, 2.05) is 24.4 Å². The molecule has 0 bridgehead atoms. The highest BCUT2D eigenvalue weighted by Crippen LogP contribution is 2.20. The summed E-state index contributed by atoms with van der Waals surface area (Å²) in [4.78, 5) is 4.58. The molecule has 0 saturated carbocycles. The van der Waals surface area contributed by atoms with Crippen LogP contribution in [0.1, 0.15) is 18.5 Å². The average molecular weight is 196 g/mol. The fourth-order valence-electron chi connectivity index (χ4n) is 1.88. The minimum absolute atomic E-state index is 1.01. The molecule has 0 fully saturated rings. The van der Waals surface area contributed by atoms with Gasteiger partial charge in [-0.1, -0.05) is 24.3 Å². The molecule has 0 saturated heterocycles. The summed E-state index contributed by atoms with van der Waals surface area (Å²) >= 11 is 0. The van der Waals surface area contributed by atoms with Gasteiger partial charge in [0.2, 0.25) is 0 Å². The van der Waals surface area contributed by atoms with E-state index < -0.39 is 0 Å². The molecule has 0 spiro atoms. The van der Waals surface area contributed by atoms with E-state index in [9.17, 15) is 0 Å². The van der Waals surface area contributed by atoms with E-state index in [1.165, 1.54) is 5.57 Å². The molecule has 0 aromatic carbocycles. The van der Waals surface area contributed by atoms with Crippen molar-refractivity contribution in [2.45, 2.75) is 12.8 Å². The van der Waals surface area contributed by atoms with Crippen LogP contribution in [0.4, 0.5) is 0 Å². The van der Waals surface area contributed by atoms with Crippen LogP contribution in [0.2, 0.25) is 0 Å². The van der Waals surface area contributed by atoms with Crippen LogP contribution in [-0.4, -0.2) is 9.38 Å². The van der Waals surface area contributed by atoms with Crippen molar-refractivity contribution in [3.63, 3.8) is 0 Å². The second kappa shape index (κ2) is 3.39. The van der Waals surface area contributed by atoms with Gasteiger partial charge in [-0.15, -0.1) is 0 Å². The summed E-state index contributed by atoms with van der Waals surface area (Å²) in [6, 6.07) is 6.05. The number of hydrogen-bond acceptors (Lipinski definition) is 1. The Bertz CT molecular complexity index is 513. The van der Waals surface area contributed by atoms with Crippen molar-refractivity contribution < 1.29 is 0 Å². The smallest absolute Gasteiger partial charge is 0.137 e. The number of rotatable bonds is 1. The molecule has 2 nitrogen and oxygen atoms in total. The van der Waals surface area contributed by atoms with Crippen LogP contribution in [0.3, 0.4) is 0 Å². The molecule has 0 amide bonds. The van der Waals surface area contributed by atoms with Crippen LogP contribution >= 0.6 is 0 Å². The minimum atomic E-state index is 1.01. The van der Waals surface area contributed by atoms with Crippen LogP contribution in [0.25, 0.3) is 11.2 Å². The maximum atomic E-state index is 4.58. The first kappa shape index (κ1) is 8.48. The van der Waals surface area contributed by atoms with E-state index in [4.69, 9.17) is 0 Å². The molecule has 0 radical (unpaired) electrons. The van der Waals surface area contributed by atoms with E-state index in [0.717, 1.165) is 24.2 Å². The Balaban J connectivity index is 2.11. The first-order valence-corrected chi connectivity index (χ1v) is 5.24. The Morgan fingerprint density at radius 2 is 2.20 bits per heavy atom. The van der Waals surface area contributed by atoms with Crippen LogP contribution in [0, 0.1) is 0 Å². The van der Waals surface area contributed by atoms with E-state index in [0.29, 0.717) is 0 Å². The number of fused-ring (bicyclic) bond motifs is 1. The van der Waals surface area contributed by atoms with Gasteiger partial charge in [0.25, 0.3) is 0 Å². The Labute approximate surface area is 88.6 Å². The molecule has 0 atom stereocenters. The lowest BCUT2D eigenvalue weighted by Gasteiger charge is -2.02. The number of pyridine rings is 1. The van der Waals surface area contributed by atoms with Gasteiger partial charge in [-0.3, -0.25) is 0 Å². The highest BCUT2D eigenvalue weighted by atomic mass is 15.0. The maximum absolute atomic E-state index is 4.58. The zero-order valence-electron chi connectivity index (χ0n) is 8.43. The summed E-state index contributed by atoms with van der Waals surface area (Å²) in [7, 11) is 0. The van der Waals surface area contributed by atoms with E-state index in [2.05, 4.69) is 33.8 Å². The molecule has 0 N–H and O–H groups in total. The second-order valence-corrected chi connectivity index (χ2v) is 3.73. The van der Waals surface area contributed by atoms with Crippen molar-refractivity contribution in [3.8, 4) is 0 Å². The quantitative estimate of drug-likeness (QED) is 0.685. The summed E-state index contributed by atoms with van der Waals surface area (Å²) in [6.45, 7) is 0. The minimum Gasteiger partial charge on any atom is -0.306 e. The van der Waals surface area contributed by atoms with Gasteiger partial charge in [-0.05, 0) is 30.5 Å². The number of hydrogen-bond donors (Lipinski definition) is 0. The van der Waals surface area contributed by atoms with Crippen LogP contribution in [0.5, 0.6) is 0 Å². The van der Waals surface area contributed by atoms with Gasteiger partial charge in [0.1, 0.15) is 5.65 Å². The third-order valence-corrected chi connectivity index (χ3v) is 2.65. The molecular weight excluding hydrogens is 184 g/mol. The Hall–Kier alpha value is -1.83. The first-order chi connectivity index (χ1) is 7.43. The average Bonchev–Trinajstić information content (AvgIpc) is 2.74. The molecule has 2 heterocycles. The summed E-state index contributed by atoms with van der Waals surface area (Å²) in [6.07, 6.45) is 13.0. The van der Waals surface area contributed by atoms with Crippen LogP contribution < -0.4 is 0 Å². The lowest BCUT2D eigenvalue weighted by molar-refractivity contribution is 1.04. The topological polar surface area (TPSA) is 17.3 Å². The number of aromatic nitrogens is 2. The van der Waals surface area contributed by atoms with Crippen molar-refractivity contribution in [2.24, 2.45) is 0 Å². The molecule has 0 unspecified atom stereocenters. The second-order valence-electron chi connectivity index (χ2n) is 3.73. The Morgan fingerprint density at radius 3 is 3.00 bits per heavy atom. The predicted octanol–water partition coefficient (Wildman–Crippen LogP) is 3.07.